The predicted molar refractivity (Wildman–Crippen MR) is 42.2 cm³/mol. The van der Waals surface area contributed by atoms with Crippen molar-refractivity contribution in [1.29, 1.82) is 0 Å². The monoisotopic (exact) mass is 162 g/mol. The first kappa shape index (κ1) is 10.5. The summed E-state index contributed by atoms with van der Waals surface area (Å²) in [5.41, 5.74) is -0.0671. The van der Waals surface area contributed by atoms with Crippen LogP contribution in [0.5, 0.6) is 5.75 Å². The molecule has 0 aliphatic carbocycles. The van der Waals surface area contributed by atoms with Crippen LogP contribution in [0.15, 0.2) is 24.3 Å². The Morgan fingerprint density at radius 1 is 1.27 bits per heavy atom. The Balaban J connectivity index is 0.000001000. The molecule has 2 N–H and O–H groups in total. The zero-order valence-corrected chi connectivity index (χ0v) is 5.11. The Hall–Kier alpha value is -0.510. The SMILES string of the molecule is O=C(O)c1ccccc1O.[NaH]. The van der Waals surface area contributed by atoms with Gasteiger partial charge in [-0.3, -0.25) is 0 Å². The molecule has 0 fully saturated rings. The van der Waals surface area contributed by atoms with E-state index in [-0.39, 0.29) is 40.9 Å². The predicted octanol–water partition coefficient (Wildman–Crippen LogP) is 0.442. The van der Waals surface area contributed by atoms with Crippen LogP contribution in [0.3, 0.4) is 0 Å². The van der Waals surface area contributed by atoms with Crippen molar-refractivity contribution in [1.82, 2.24) is 0 Å². The van der Waals surface area contributed by atoms with Crippen molar-refractivity contribution < 1.29 is 15.0 Å². The van der Waals surface area contributed by atoms with Crippen molar-refractivity contribution in [2.75, 3.05) is 0 Å². The van der Waals surface area contributed by atoms with Gasteiger partial charge in [-0.2, -0.15) is 0 Å². The molecule has 1 aromatic carbocycles. The molecule has 1 aromatic rings. The number of benzene rings is 1. The molecule has 3 nitrogen and oxygen atoms in total. The van der Waals surface area contributed by atoms with Gasteiger partial charge >= 0.3 is 35.5 Å². The van der Waals surface area contributed by atoms with Crippen molar-refractivity contribution in [2.24, 2.45) is 0 Å². The van der Waals surface area contributed by atoms with Crippen molar-refractivity contribution in [3.8, 4) is 5.75 Å². The molecule has 0 spiro atoms. The summed E-state index contributed by atoms with van der Waals surface area (Å²) in [6, 6.07) is 5.81. The molecule has 0 atom stereocenters. The summed E-state index contributed by atoms with van der Waals surface area (Å²) >= 11 is 0. The Bertz CT molecular complexity index is 260. The van der Waals surface area contributed by atoms with Crippen LogP contribution in [0, 0.1) is 0 Å². The van der Waals surface area contributed by atoms with Gasteiger partial charge in [-0.25, -0.2) is 4.79 Å². The molecule has 0 unspecified atom stereocenters. The topological polar surface area (TPSA) is 57.5 Å². The Morgan fingerprint density at radius 3 is 2.18 bits per heavy atom. The molecule has 0 saturated heterocycles. The van der Waals surface area contributed by atoms with Gasteiger partial charge in [-0.1, -0.05) is 12.1 Å². The second-order valence-electron chi connectivity index (χ2n) is 1.82. The molecule has 0 aliphatic rings. The number of carboxylic acid groups (broad SMARTS) is 1. The molecule has 0 saturated carbocycles. The first-order valence-electron chi connectivity index (χ1n) is 2.73. The number of hydrogen-bond acceptors (Lipinski definition) is 2. The normalized spacial score (nSPS) is 8.36. The third kappa shape index (κ3) is 2.54. The summed E-state index contributed by atoms with van der Waals surface area (Å²) in [4.78, 5) is 10.3. The van der Waals surface area contributed by atoms with Gasteiger partial charge in [0, 0.05) is 0 Å². The van der Waals surface area contributed by atoms with E-state index >= 15 is 0 Å². The number of hydrogen-bond donors (Lipinski definition) is 2. The first-order chi connectivity index (χ1) is 4.72. The van der Waals surface area contributed by atoms with Crippen LogP contribution in [0.4, 0.5) is 0 Å². The fourth-order valence-corrected chi connectivity index (χ4v) is 0.654. The van der Waals surface area contributed by atoms with E-state index in [9.17, 15) is 4.79 Å². The van der Waals surface area contributed by atoms with E-state index in [1.807, 2.05) is 0 Å². The quantitative estimate of drug-likeness (QED) is 0.589. The Kier molecular flexibility index (Phi) is 4.18. The molecule has 0 bridgehead atoms. The van der Waals surface area contributed by atoms with Crippen LogP contribution in [0.1, 0.15) is 10.4 Å². The van der Waals surface area contributed by atoms with E-state index in [2.05, 4.69) is 0 Å². The summed E-state index contributed by atoms with van der Waals surface area (Å²) in [7, 11) is 0. The standard InChI is InChI=1S/C7H6O3.Na.H/c8-6-4-2-1-3-5(6)7(9)10;;/h1-4,8H,(H,9,10);;. The molecule has 0 aromatic heterocycles. The molecule has 1 rings (SSSR count). The number of aromatic hydroxyl groups is 1. The fourth-order valence-electron chi connectivity index (χ4n) is 0.654. The summed E-state index contributed by atoms with van der Waals surface area (Å²) in [5, 5.41) is 17.3. The third-order valence-corrected chi connectivity index (χ3v) is 1.13. The van der Waals surface area contributed by atoms with Gasteiger partial charge in [0.15, 0.2) is 0 Å². The zero-order chi connectivity index (χ0) is 7.56. The Morgan fingerprint density at radius 2 is 1.82 bits per heavy atom. The molecule has 0 aliphatic heterocycles. The van der Waals surface area contributed by atoms with E-state index in [1.54, 1.807) is 12.1 Å². The summed E-state index contributed by atoms with van der Waals surface area (Å²) in [6.07, 6.45) is 0. The number of para-hydroxylation sites is 1. The van der Waals surface area contributed by atoms with Crippen LogP contribution >= 0.6 is 0 Å². The number of aromatic carboxylic acids is 1. The van der Waals surface area contributed by atoms with Crippen molar-refractivity contribution >= 4 is 35.5 Å². The molecule has 4 heteroatoms. The van der Waals surface area contributed by atoms with Crippen LogP contribution < -0.4 is 0 Å². The van der Waals surface area contributed by atoms with E-state index < -0.39 is 5.97 Å². The fraction of sp³-hybridized carbons (Fsp3) is 0. The summed E-state index contributed by atoms with van der Waals surface area (Å²) < 4.78 is 0. The maximum absolute atomic E-state index is 10.3. The van der Waals surface area contributed by atoms with Crippen molar-refractivity contribution in [2.45, 2.75) is 0 Å². The first-order valence-corrected chi connectivity index (χ1v) is 2.73. The van der Waals surface area contributed by atoms with E-state index in [0.717, 1.165) is 0 Å². The van der Waals surface area contributed by atoms with Crippen LogP contribution in [0.2, 0.25) is 0 Å². The summed E-state index contributed by atoms with van der Waals surface area (Å²) in [5.74, 6) is -1.31. The van der Waals surface area contributed by atoms with Crippen molar-refractivity contribution in [3.05, 3.63) is 29.8 Å². The molecule has 11 heavy (non-hydrogen) atoms. The zero-order valence-electron chi connectivity index (χ0n) is 5.11. The molecule has 0 heterocycles. The van der Waals surface area contributed by atoms with Gasteiger partial charge in [0.1, 0.15) is 11.3 Å². The van der Waals surface area contributed by atoms with Gasteiger partial charge in [-0.15, -0.1) is 0 Å². The Labute approximate surface area is 86.0 Å². The van der Waals surface area contributed by atoms with Gasteiger partial charge in [0.25, 0.3) is 0 Å². The van der Waals surface area contributed by atoms with Crippen LogP contribution in [-0.2, 0) is 0 Å². The minimum atomic E-state index is -1.11. The summed E-state index contributed by atoms with van der Waals surface area (Å²) in [6.45, 7) is 0. The van der Waals surface area contributed by atoms with E-state index in [4.69, 9.17) is 10.2 Å². The second-order valence-corrected chi connectivity index (χ2v) is 1.82. The molecule has 0 amide bonds. The van der Waals surface area contributed by atoms with Gasteiger partial charge < -0.3 is 10.2 Å². The maximum atomic E-state index is 10.3. The molecular weight excluding hydrogens is 155 g/mol. The minimum absolute atomic E-state index is 0. The number of phenols is 1. The molecule has 0 radical (unpaired) electrons. The average Bonchev–Trinajstić information content (AvgIpc) is 1.88. The van der Waals surface area contributed by atoms with Crippen LogP contribution in [-0.4, -0.2) is 45.7 Å². The van der Waals surface area contributed by atoms with Gasteiger partial charge in [0.2, 0.25) is 0 Å². The van der Waals surface area contributed by atoms with Gasteiger partial charge in [0.05, 0.1) is 0 Å². The van der Waals surface area contributed by atoms with E-state index in [1.165, 1.54) is 12.1 Å². The number of rotatable bonds is 1. The molecular formula is C7H7NaO3. The van der Waals surface area contributed by atoms with Crippen LogP contribution in [0.25, 0.3) is 0 Å². The second kappa shape index (κ2) is 4.38. The van der Waals surface area contributed by atoms with Crippen molar-refractivity contribution in [3.63, 3.8) is 0 Å². The third-order valence-electron chi connectivity index (χ3n) is 1.13. The molecule has 54 valence electrons. The van der Waals surface area contributed by atoms with Gasteiger partial charge in [-0.05, 0) is 12.1 Å². The number of carbonyl (C=O) groups is 1. The average molecular weight is 162 g/mol. The van der Waals surface area contributed by atoms with E-state index in [0.29, 0.717) is 0 Å². The number of carboxylic acids is 1.